The molecule has 2 fully saturated rings. The Morgan fingerprint density at radius 3 is 2.75 bits per heavy atom. The lowest BCUT2D eigenvalue weighted by molar-refractivity contribution is 0.479. The lowest BCUT2D eigenvalue weighted by Crippen LogP contribution is -2.38. The van der Waals surface area contributed by atoms with E-state index in [9.17, 15) is 0 Å². The van der Waals surface area contributed by atoms with Crippen molar-refractivity contribution in [1.29, 1.82) is 0 Å². The molecule has 32 heavy (non-hydrogen) atoms. The van der Waals surface area contributed by atoms with Gasteiger partial charge in [-0.15, -0.1) is 0 Å². The second kappa shape index (κ2) is 8.27. The Labute approximate surface area is 187 Å². The van der Waals surface area contributed by atoms with Crippen molar-refractivity contribution in [3.63, 3.8) is 0 Å². The molecule has 0 amide bonds. The minimum absolute atomic E-state index is 0.411. The van der Waals surface area contributed by atoms with Crippen LogP contribution < -0.4 is 16.0 Å². The van der Waals surface area contributed by atoms with E-state index < -0.39 is 0 Å². The molecule has 4 heterocycles. The second-order valence-corrected chi connectivity index (χ2v) is 8.79. The van der Waals surface area contributed by atoms with Crippen LogP contribution in [-0.2, 0) is 6.54 Å². The number of aromatic nitrogens is 5. The van der Waals surface area contributed by atoms with Gasteiger partial charge in [-0.2, -0.15) is 14.7 Å². The van der Waals surface area contributed by atoms with Crippen LogP contribution in [0.15, 0.2) is 55.0 Å². The molecule has 1 aromatic carbocycles. The SMILES string of the molecule is c1cnn(-c2ccc(CNc3cc(NC4CCCNC4)nc4c(C5CC5)cnn34)cc2)c1. The monoisotopic (exact) mass is 428 g/mol. The van der Waals surface area contributed by atoms with Gasteiger partial charge in [0.05, 0.1) is 11.9 Å². The maximum atomic E-state index is 4.96. The fraction of sp³-hybridized carbons (Fsp3) is 0.375. The molecule has 3 N–H and O–H groups in total. The highest BCUT2D eigenvalue weighted by atomic mass is 15.3. The first kappa shape index (κ1) is 19.3. The van der Waals surface area contributed by atoms with E-state index in [0.717, 1.165) is 36.1 Å². The predicted octanol–water partition coefficient (Wildman–Crippen LogP) is 3.57. The van der Waals surface area contributed by atoms with Crippen molar-refractivity contribution in [1.82, 2.24) is 29.7 Å². The van der Waals surface area contributed by atoms with Gasteiger partial charge in [0.25, 0.3) is 0 Å². The highest BCUT2D eigenvalue weighted by Gasteiger charge is 2.28. The molecule has 164 valence electrons. The van der Waals surface area contributed by atoms with Crippen LogP contribution in [0.2, 0.25) is 0 Å². The zero-order chi connectivity index (χ0) is 21.3. The van der Waals surface area contributed by atoms with Gasteiger partial charge in [-0.05, 0) is 61.9 Å². The number of fused-ring (bicyclic) bond motifs is 1. The average Bonchev–Trinajstić information content (AvgIpc) is 3.34. The Morgan fingerprint density at radius 2 is 2.00 bits per heavy atom. The molecule has 1 unspecified atom stereocenters. The fourth-order valence-electron chi connectivity index (χ4n) is 4.43. The smallest absolute Gasteiger partial charge is 0.163 e. The van der Waals surface area contributed by atoms with Crippen molar-refractivity contribution < 1.29 is 0 Å². The van der Waals surface area contributed by atoms with Gasteiger partial charge >= 0.3 is 0 Å². The fourth-order valence-corrected chi connectivity index (χ4v) is 4.43. The van der Waals surface area contributed by atoms with Crippen molar-refractivity contribution >= 4 is 17.3 Å². The van der Waals surface area contributed by atoms with Gasteiger partial charge in [0.1, 0.15) is 11.6 Å². The summed E-state index contributed by atoms with van der Waals surface area (Å²) in [4.78, 5) is 4.96. The van der Waals surface area contributed by atoms with Crippen LogP contribution in [0.25, 0.3) is 11.3 Å². The largest absolute Gasteiger partial charge is 0.366 e. The van der Waals surface area contributed by atoms with Crippen molar-refractivity contribution in [3.8, 4) is 5.69 Å². The van der Waals surface area contributed by atoms with Crippen LogP contribution >= 0.6 is 0 Å². The molecule has 1 aliphatic carbocycles. The number of nitrogens with one attached hydrogen (secondary N) is 3. The Hall–Kier alpha value is -3.39. The molecule has 0 radical (unpaired) electrons. The minimum Gasteiger partial charge on any atom is -0.366 e. The molecule has 2 aliphatic rings. The third kappa shape index (κ3) is 3.93. The van der Waals surface area contributed by atoms with E-state index in [1.165, 1.54) is 36.8 Å². The number of benzene rings is 1. The Balaban J connectivity index is 1.25. The lowest BCUT2D eigenvalue weighted by atomic mass is 10.1. The summed E-state index contributed by atoms with van der Waals surface area (Å²) in [6.07, 6.45) is 10.6. The Morgan fingerprint density at radius 1 is 1.09 bits per heavy atom. The van der Waals surface area contributed by atoms with Crippen LogP contribution in [-0.4, -0.2) is 43.5 Å². The number of hydrogen-bond acceptors (Lipinski definition) is 6. The van der Waals surface area contributed by atoms with Gasteiger partial charge < -0.3 is 16.0 Å². The molecule has 0 spiro atoms. The topological polar surface area (TPSA) is 84.1 Å². The molecule has 1 saturated carbocycles. The Bertz CT molecular complexity index is 1180. The molecule has 8 heteroatoms. The zero-order valence-corrected chi connectivity index (χ0v) is 18.0. The summed E-state index contributed by atoms with van der Waals surface area (Å²) < 4.78 is 3.82. The number of rotatable bonds is 7. The van der Waals surface area contributed by atoms with E-state index >= 15 is 0 Å². The van der Waals surface area contributed by atoms with Gasteiger partial charge in [0.15, 0.2) is 5.65 Å². The van der Waals surface area contributed by atoms with E-state index in [1.54, 1.807) is 6.20 Å². The van der Waals surface area contributed by atoms with E-state index in [1.807, 2.05) is 27.7 Å². The highest BCUT2D eigenvalue weighted by Crippen LogP contribution is 2.42. The van der Waals surface area contributed by atoms with Gasteiger partial charge in [0.2, 0.25) is 0 Å². The van der Waals surface area contributed by atoms with Gasteiger partial charge in [0, 0.05) is 43.2 Å². The summed E-state index contributed by atoms with van der Waals surface area (Å²) in [5.74, 6) is 2.49. The summed E-state index contributed by atoms with van der Waals surface area (Å²) in [5.41, 5.74) is 4.49. The molecule has 0 bridgehead atoms. The van der Waals surface area contributed by atoms with Crippen LogP contribution in [0.1, 0.15) is 42.7 Å². The van der Waals surface area contributed by atoms with Gasteiger partial charge in [-0.1, -0.05) is 12.1 Å². The third-order valence-electron chi connectivity index (χ3n) is 6.34. The van der Waals surface area contributed by atoms with Crippen LogP contribution in [0.3, 0.4) is 0 Å². The van der Waals surface area contributed by atoms with E-state index in [-0.39, 0.29) is 0 Å². The first-order valence-electron chi connectivity index (χ1n) is 11.5. The number of nitrogens with zero attached hydrogens (tertiary/aromatic N) is 5. The Kier molecular flexibility index (Phi) is 4.99. The number of anilines is 2. The van der Waals surface area contributed by atoms with Crippen molar-refractivity contribution in [2.45, 2.75) is 44.2 Å². The number of hydrogen-bond donors (Lipinski definition) is 3. The van der Waals surface area contributed by atoms with E-state index in [4.69, 9.17) is 4.98 Å². The quantitative estimate of drug-likeness (QED) is 0.417. The molecule has 3 aromatic heterocycles. The molecule has 4 aromatic rings. The summed E-state index contributed by atoms with van der Waals surface area (Å²) >= 11 is 0. The normalized spacial score (nSPS) is 18.7. The molecule has 1 atom stereocenters. The molecule has 1 aliphatic heterocycles. The molecular formula is C24H28N8. The maximum Gasteiger partial charge on any atom is 0.163 e. The predicted molar refractivity (Wildman–Crippen MR) is 125 cm³/mol. The number of piperidine rings is 1. The van der Waals surface area contributed by atoms with E-state index in [0.29, 0.717) is 18.5 Å². The lowest BCUT2D eigenvalue weighted by Gasteiger charge is -2.24. The van der Waals surface area contributed by atoms with Crippen LogP contribution in [0.4, 0.5) is 11.6 Å². The summed E-state index contributed by atoms with van der Waals surface area (Å²) in [5, 5.41) is 19.7. The third-order valence-corrected chi connectivity index (χ3v) is 6.34. The van der Waals surface area contributed by atoms with Crippen LogP contribution in [0, 0.1) is 0 Å². The molecular weight excluding hydrogens is 400 g/mol. The van der Waals surface area contributed by atoms with Gasteiger partial charge in [-0.3, -0.25) is 0 Å². The average molecular weight is 429 g/mol. The summed E-state index contributed by atoms with van der Waals surface area (Å²) in [6.45, 7) is 2.79. The molecule has 1 saturated heterocycles. The summed E-state index contributed by atoms with van der Waals surface area (Å²) in [6, 6.07) is 12.9. The van der Waals surface area contributed by atoms with Crippen molar-refractivity contribution in [3.05, 3.63) is 66.1 Å². The second-order valence-electron chi connectivity index (χ2n) is 8.79. The first-order valence-corrected chi connectivity index (χ1v) is 11.5. The maximum absolute atomic E-state index is 4.96. The zero-order valence-electron chi connectivity index (χ0n) is 18.0. The summed E-state index contributed by atoms with van der Waals surface area (Å²) in [7, 11) is 0. The minimum atomic E-state index is 0.411. The van der Waals surface area contributed by atoms with E-state index in [2.05, 4.69) is 56.5 Å². The van der Waals surface area contributed by atoms with Gasteiger partial charge in [-0.25, -0.2) is 9.67 Å². The van der Waals surface area contributed by atoms with Crippen LogP contribution in [0.5, 0.6) is 0 Å². The first-order chi connectivity index (χ1) is 15.8. The molecule has 8 nitrogen and oxygen atoms in total. The van der Waals surface area contributed by atoms with Crippen molar-refractivity contribution in [2.24, 2.45) is 0 Å². The molecule has 6 rings (SSSR count). The van der Waals surface area contributed by atoms with Crippen molar-refractivity contribution in [2.75, 3.05) is 23.7 Å². The highest BCUT2D eigenvalue weighted by molar-refractivity contribution is 5.62. The standard InChI is InChI=1S/C24H28N8/c1-3-19(15-25-10-1)29-22-13-23(32-24(30-22)21(16-28-32)18-6-7-18)26-14-17-4-8-20(9-5-17)31-12-2-11-27-31/h2,4-5,8-9,11-13,16,18-19,25-26H,1,3,6-7,10,14-15H2,(H,29,30).